The highest BCUT2D eigenvalue weighted by molar-refractivity contribution is 8.00. The van der Waals surface area contributed by atoms with Crippen LogP contribution in [0, 0.1) is 5.82 Å². The second kappa shape index (κ2) is 6.30. The third-order valence-corrected chi connectivity index (χ3v) is 4.67. The van der Waals surface area contributed by atoms with E-state index in [2.05, 4.69) is 10.3 Å². The van der Waals surface area contributed by atoms with Crippen LogP contribution in [0.15, 0.2) is 41.8 Å². The van der Waals surface area contributed by atoms with Gasteiger partial charge in [0.05, 0.1) is 10.9 Å². The standard InChI is InChI=1S/C15H16FN3OS/c16-11-4-3-5-12(10-11)19-9-8-18-15(19)21-13-6-1-2-7-17-14(13)20/h3-5,8-10,13H,1-2,6-7H2,(H,17,20). The van der Waals surface area contributed by atoms with Crippen LogP contribution in [0.3, 0.4) is 0 Å². The van der Waals surface area contributed by atoms with Crippen molar-refractivity contribution in [2.24, 2.45) is 0 Å². The molecule has 1 atom stereocenters. The maximum Gasteiger partial charge on any atom is 0.233 e. The maximum absolute atomic E-state index is 13.4. The Bertz CT molecular complexity index is 643. The van der Waals surface area contributed by atoms with Crippen LogP contribution < -0.4 is 5.32 Å². The van der Waals surface area contributed by atoms with Crippen LogP contribution in [0.2, 0.25) is 0 Å². The van der Waals surface area contributed by atoms with Gasteiger partial charge in [-0.25, -0.2) is 9.37 Å². The normalized spacial score (nSPS) is 19.1. The Morgan fingerprint density at radius 2 is 2.29 bits per heavy atom. The molecule has 1 unspecified atom stereocenters. The summed E-state index contributed by atoms with van der Waals surface area (Å²) in [5, 5.41) is 3.49. The number of halogens is 1. The average molecular weight is 305 g/mol. The maximum atomic E-state index is 13.4. The summed E-state index contributed by atoms with van der Waals surface area (Å²) in [5.74, 6) is -0.226. The number of nitrogens with one attached hydrogen (secondary N) is 1. The third kappa shape index (κ3) is 3.26. The lowest BCUT2D eigenvalue weighted by molar-refractivity contribution is -0.120. The third-order valence-electron chi connectivity index (χ3n) is 3.43. The summed E-state index contributed by atoms with van der Waals surface area (Å²) in [5.41, 5.74) is 0.712. The molecule has 1 fully saturated rings. The first-order chi connectivity index (χ1) is 10.2. The Kier molecular flexibility index (Phi) is 4.24. The molecule has 1 amide bonds. The van der Waals surface area contributed by atoms with E-state index in [1.54, 1.807) is 18.5 Å². The largest absolute Gasteiger partial charge is 0.355 e. The average Bonchev–Trinajstić information content (AvgIpc) is 2.84. The van der Waals surface area contributed by atoms with Crippen LogP contribution in [0.25, 0.3) is 5.69 Å². The number of benzene rings is 1. The van der Waals surface area contributed by atoms with Gasteiger partial charge in [-0.15, -0.1) is 0 Å². The Balaban J connectivity index is 1.84. The summed E-state index contributed by atoms with van der Waals surface area (Å²) in [7, 11) is 0. The zero-order valence-corrected chi connectivity index (χ0v) is 12.3. The number of amides is 1. The molecule has 1 saturated heterocycles. The Morgan fingerprint density at radius 1 is 1.38 bits per heavy atom. The molecule has 2 heterocycles. The van der Waals surface area contributed by atoms with Gasteiger partial charge in [0.2, 0.25) is 5.91 Å². The van der Waals surface area contributed by atoms with Crippen LogP contribution in [0.1, 0.15) is 19.3 Å². The van der Waals surface area contributed by atoms with E-state index in [1.807, 2.05) is 10.6 Å². The van der Waals surface area contributed by atoms with Gasteiger partial charge in [-0.3, -0.25) is 9.36 Å². The molecule has 0 aliphatic carbocycles. The number of aromatic nitrogens is 2. The number of thioether (sulfide) groups is 1. The molecule has 0 saturated carbocycles. The van der Waals surface area contributed by atoms with Gasteiger partial charge >= 0.3 is 0 Å². The van der Waals surface area contributed by atoms with Gasteiger partial charge in [0.25, 0.3) is 0 Å². The zero-order chi connectivity index (χ0) is 14.7. The molecule has 0 radical (unpaired) electrons. The molecule has 21 heavy (non-hydrogen) atoms. The fraction of sp³-hybridized carbons (Fsp3) is 0.333. The van der Waals surface area contributed by atoms with E-state index >= 15 is 0 Å². The van der Waals surface area contributed by atoms with Gasteiger partial charge in [0.15, 0.2) is 5.16 Å². The summed E-state index contributed by atoms with van der Waals surface area (Å²) in [6.45, 7) is 0.744. The number of carbonyl (C=O) groups is 1. The van der Waals surface area contributed by atoms with E-state index in [4.69, 9.17) is 0 Å². The van der Waals surface area contributed by atoms with Crippen molar-refractivity contribution in [3.8, 4) is 5.69 Å². The first-order valence-corrected chi connectivity index (χ1v) is 7.85. The second-order valence-electron chi connectivity index (χ2n) is 4.95. The van der Waals surface area contributed by atoms with Crippen molar-refractivity contribution in [1.82, 2.24) is 14.9 Å². The first-order valence-electron chi connectivity index (χ1n) is 6.98. The summed E-state index contributed by atoms with van der Waals surface area (Å²) >= 11 is 1.44. The number of imidazole rings is 1. The Labute approximate surface area is 126 Å². The van der Waals surface area contributed by atoms with E-state index in [-0.39, 0.29) is 17.0 Å². The minimum Gasteiger partial charge on any atom is -0.355 e. The quantitative estimate of drug-likeness (QED) is 0.948. The molecule has 1 N–H and O–H groups in total. The van der Waals surface area contributed by atoms with Gasteiger partial charge in [-0.1, -0.05) is 24.2 Å². The van der Waals surface area contributed by atoms with Crippen molar-refractivity contribution < 1.29 is 9.18 Å². The molecule has 6 heteroatoms. The fourth-order valence-electron chi connectivity index (χ4n) is 2.35. The van der Waals surface area contributed by atoms with Crippen LogP contribution >= 0.6 is 11.8 Å². The predicted octanol–water partition coefficient (Wildman–Crippen LogP) is 2.77. The smallest absolute Gasteiger partial charge is 0.233 e. The number of nitrogens with zero attached hydrogens (tertiary/aromatic N) is 2. The Morgan fingerprint density at radius 3 is 3.14 bits per heavy atom. The molecule has 2 aromatic rings. The molecule has 1 aromatic carbocycles. The molecular weight excluding hydrogens is 289 g/mol. The second-order valence-corrected chi connectivity index (χ2v) is 6.12. The van der Waals surface area contributed by atoms with Gasteiger partial charge in [-0.2, -0.15) is 0 Å². The van der Waals surface area contributed by atoms with E-state index in [0.717, 1.165) is 25.8 Å². The van der Waals surface area contributed by atoms with Crippen LogP contribution in [0.4, 0.5) is 4.39 Å². The highest BCUT2D eigenvalue weighted by Gasteiger charge is 2.23. The number of carbonyl (C=O) groups excluding carboxylic acids is 1. The molecule has 1 aliphatic heterocycles. The van der Waals surface area contributed by atoms with Gasteiger partial charge in [-0.05, 0) is 31.0 Å². The van der Waals surface area contributed by atoms with Crippen molar-refractivity contribution in [3.63, 3.8) is 0 Å². The molecule has 4 nitrogen and oxygen atoms in total. The van der Waals surface area contributed by atoms with Crippen molar-refractivity contribution >= 4 is 17.7 Å². The molecular formula is C15H16FN3OS. The minimum absolute atomic E-state index is 0.0614. The van der Waals surface area contributed by atoms with Crippen molar-refractivity contribution in [2.75, 3.05) is 6.54 Å². The highest BCUT2D eigenvalue weighted by atomic mass is 32.2. The molecule has 110 valence electrons. The number of rotatable bonds is 3. The van der Waals surface area contributed by atoms with E-state index in [1.165, 1.54) is 23.9 Å². The van der Waals surface area contributed by atoms with Crippen molar-refractivity contribution in [3.05, 3.63) is 42.5 Å². The topological polar surface area (TPSA) is 46.9 Å². The molecule has 1 aliphatic rings. The Hall–Kier alpha value is -1.82. The first kappa shape index (κ1) is 14.1. The lowest BCUT2D eigenvalue weighted by atomic mass is 10.2. The van der Waals surface area contributed by atoms with Crippen molar-refractivity contribution in [1.29, 1.82) is 0 Å². The number of hydrogen-bond donors (Lipinski definition) is 1. The monoisotopic (exact) mass is 305 g/mol. The minimum atomic E-state index is -0.288. The fourth-order valence-corrected chi connectivity index (χ4v) is 3.48. The summed E-state index contributed by atoms with van der Waals surface area (Å²) in [6.07, 6.45) is 6.33. The van der Waals surface area contributed by atoms with E-state index in [0.29, 0.717) is 10.8 Å². The van der Waals surface area contributed by atoms with Crippen LogP contribution in [-0.4, -0.2) is 27.3 Å². The molecule has 0 bridgehead atoms. The molecule has 0 spiro atoms. The molecule has 1 aromatic heterocycles. The lowest BCUT2D eigenvalue weighted by Crippen LogP contribution is -2.30. The predicted molar refractivity (Wildman–Crippen MR) is 80.0 cm³/mol. The SMILES string of the molecule is O=C1NCCCCC1Sc1nccn1-c1cccc(F)c1. The van der Waals surface area contributed by atoms with Gasteiger partial charge in [0, 0.05) is 18.9 Å². The van der Waals surface area contributed by atoms with Crippen molar-refractivity contribution in [2.45, 2.75) is 29.7 Å². The van der Waals surface area contributed by atoms with E-state index < -0.39 is 0 Å². The van der Waals surface area contributed by atoms with Crippen LogP contribution in [0.5, 0.6) is 0 Å². The van der Waals surface area contributed by atoms with E-state index in [9.17, 15) is 9.18 Å². The zero-order valence-electron chi connectivity index (χ0n) is 11.5. The highest BCUT2D eigenvalue weighted by Crippen LogP contribution is 2.28. The molecule has 3 rings (SSSR count). The summed E-state index contributed by atoms with van der Waals surface area (Å²) < 4.78 is 15.2. The van der Waals surface area contributed by atoms with Crippen LogP contribution in [-0.2, 0) is 4.79 Å². The van der Waals surface area contributed by atoms with Gasteiger partial charge in [0.1, 0.15) is 5.82 Å². The lowest BCUT2D eigenvalue weighted by Gasteiger charge is -2.13. The summed E-state index contributed by atoms with van der Waals surface area (Å²) in [4.78, 5) is 16.3. The van der Waals surface area contributed by atoms with Gasteiger partial charge < -0.3 is 5.32 Å². The number of hydrogen-bond acceptors (Lipinski definition) is 3. The summed E-state index contributed by atoms with van der Waals surface area (Å²) in [6, 6.07) is 6.35.